The van der Waals surface area contributed by atoms with Gasteiger partial charge in [-0.05, 0) is 48.5 Å². The zero-order valence-corrected chi connectivity index (χ0v) is 21.8. The Morgan fingerprint density at radius 1 is 1.11 bits per heavy atom. The number of halogens is 1. The number of nitrogens with one attached hydrogen (secondary N) is 2. The summed E-state index contributed by atoms with van der Waals surface area (Å²) in [6.07, 6.45) is 0.772. The van der Waals surface area contributed by atoms with Gasteiger partial charge in [0.25, 0.3) is 5.91 Å². The van der Waals surface area contributed by atoms with E-state index in [2.05, 4.69) is 25.9 Å². The summed E-state index contributed by atoms with van der Waals surface area (Å²) in [6, 6.07) is 16.9. The number of fused-ring (bicyclic) bond motifs is 1. The van der Waals surface area contributed by atoms with Crippen LogP contribution in [-0.2, 0) is 13.0 Å². The van der Waals surface area contributed by atoms with E-state index in [4.69, 9.17) is 28.2 Å². The first-order valence-corrected chi connectivity index (χ1v) is 12.8. The van der Waals surface area contributed by atoms with Crippen molar-refractivity contribution >= 4 is 51.1 Å². The normalized spacial score (nSPS) is 11.1. The van der Waals surface area contributed by atoms with Crippen LogP contribution in [-0.4, -0.2) is 30.8 Å². The average Bonchev–Trinajstić information content (AvgIpc) is 3.61. The molecule has 0 radical (unpaired) electrons. The van der Waals surface area contributed by atoms with E-state index in [0.29, 0.717) is 17.3 Å². The predicted molar refractivity (Wildman–Crippen MR) is 144 cm³/mol. The van der Waals surface area contributed by atoms with Crippen LogP contribution in [0.15, 0.2) is 59.0 Å². The Hall–Kier alpha value is -3.60. The number of aromatic nitrogens is 4. The molecule has 0 saturated carbocycles. The summed E-state index contributed by atoms with van der Waals surface area (Å²) in [5.74, 6) is 1.12. The van der Waals surface area contributed by atoms with Gasteiger partial charge in [0.1, 0.15) is 10.8 Å². The van der Waals surface area contributed by atoms with Gasteiger partial charge in [0, 0.05) is 29.1 Å². The summed E-state index contributed by atoms with van der Waals surface area (Å²) >= 11 is 13.0. The number of benzene rings is 2. The maximum absolute atomic E-state index is 12.6. The number of amides is 1. The van der Waals surface area contributed by atoms with Crippen LogP contribution < -0.4 is 10.6 Å². The summed E-state index contributed by atoms with van der Waals surface area (Å²) in [5, 5.41) is 20.3. The van der Waals surface area contributed by atoms with Gasteiger partial charge in [-0.15, -0.1) is 10.2 Å². The molecule has 8 nitrogen and oxygen atoms in total. The predicted octanol–water partition coefficient (Wildman–Crippen LogP) is 5.44. The van der Waals surface area contributed by atoms with Crippen LogP contribution in [0.5, 0.6) is 0 Å². The van der Waals surface area contributed by atoms with E-state index in [0.717, 1.165) is 44.5 Å². The van der Waals surface area contributed by atoms with Crippen molar-refractivity contribution < 1.29 is 9.21 Å². The van der Waals surface area contributed by atoms with Gasteiger partial charge in [0.2, 0.25) is 4.96 Å². The molecule has 5 aromatic rings. The molecule has 0 aliphatic rings. The third kappa shape index (κ3) is 5.01. The van der Waals surface area contributed by atoms with Gasteiger partial charge in [-0.1, -0.05) is 66.3 Å². The van der Waals surface area contributed by atoms with Crippen molar-refractivity contribution in [3.8, 4) is 21.9 Å². The van der Waals surface area contributed by atoms with Gasteiger partial charge in [-0.25, -0.2) is 0 Å². The molecule has 5 rings (SSSR count). The first-order valence-electron chi connectivity index (χ1n) is 11.2. The molecule has 0 saturated heterocycles. The molecular weight excluding hydrogens is 516 g/mol. The van der Waals surface area contributed by atoms with Crippen molar-refractivity contribution in [1.82, 2.24) is 30.4 Å². The number of carbonyl (C=O) groups is 1. The van der Waals surface area contributed by atoms with E-state index in [1.54, 1.807) is 22.7 Å². The highest BCUT2D eigenvalue weighted by atomic mass is 35.5. The van der Waals surface area contributed by atoms with Crippen molar-refractivity contribution in [2.45, 2.75) is 26.8 Å². The molecular formula is C25H21ClN6O2S2. The summed E-state index contributed by atoms with van der Waals surface area (Å²) in [5.41, 5.74) is 3.76. The summed E-state index contributed by atoms with van der Waals surface area (Å²) in [7, 11) is 0. The second kappa shape index (κ2) is 10.2. The fraction of sp³-hybridized carbons (Fsp3) is 0.160. The molecule has 182 valence electrons. The van der Waals surface area contributed by atoms with E-state index in [1.165, 1.54) is 11.3 Å². The molecule has 3 heterocycles. The highest BCUT2D eigenvalue weighted by molar-refractivity contribution is 7.80. The van der Waals surface area contributed by atoms with Gasteiger partial charge >= 0.3 is 0 Å². The summed E-state index contributed by atoms with van der Waals surface area (Å²) < 4.78 is 7.49. The van der Waals surface area contributed by atoms with Gasteiger partial charge < -0.3 is 9.73 Å². The largest absolute Gasteiger partial charge is 0.451 e. The molecule has 2 aromatic carbocycles. The first kappa shape index (κ1) is 24.1. The molecule has 0 unspecified atom stereocenters. The van der Waals surface area contributed by atoms with Gasteiger partial charge in [0.05, 0.1) is 0 Å². The Balaban J connectivity index is 1.16. The molecule has 36 heavy (non-hydrogen) atoms. The second-order valence-corrected chi connectivity index (χ2v) is 9.80. The monoisotopic (exact) mass is 536 g/mol. The number of nitrogens with zero attached hydrogens (tertiary/aromatic N) is 4. The van der Waals surface area contributed by atoms with Crippen LogP contribution in [0.2, 0.25) is 5.02 Å². The molecule has 0 aliphatic heterocycles. The van der Waals surface area contributed by atoms with E-state index in [1.807, 2.05) is 50.2 Å². The minimum atomic E-state index is -0.429. The van der Waals surface area contributed by atoms with Gasteiger partial charge in [-0.2, -0.15) is 9.61 Å². The smallest absolute Gasteiger partial charge is 0.293 e. The van der Waals surface area contributed by atoms with E-state index < -0.39 is 5.91 Å². The lowest BCUT2D eigenvalue weighted by molar-refractivity contribution is 0.0950. The Labute approximate surface area is 221 Å². The fourth-order valence-electron chi connectivity index (χ4n) is 3.51. The number of hydrogen-bond acceptors (Lipinski definition) is 7. The molecule has 11 heteroatoms. The quantitative estimate of drug-likeness (QED) is 0.279. The molecule has 1 amide bonds. The Kier molecular flexibility index (Phi) is 6.82. The van der Waals surface area contributed by atoms with Crippen molar-refractivity contribution in [2.75, 3.05) is 0 Å². The number of aryl methyl sites for hydroxylation is 2. The van der Waals surface area contributed by atoms with E-state index in [-0.39, 0.29) is 10.9 Å². The highest BCUT2D eigenvalue weighted by Crippen LogP contribution is 2.27. The lowest BCUT2D eigenvalue weighted by Crippen LogP contribution is -2.38. The maximum Gasteiger partial charge on any atom is 0.293 e. The van der Waals surface area contributed by atoms with Crippen LogP contribution in [0, 0.1) is 6.92 Å². The fourth-order valence-corrected chi connectivity index (χ4v) is 4.72. The molecule has 0 spiro atoms. The number of thiocarbonyl (C=S) groups is 1. The van der Waals surface area contributed by atoms with Crippen molar-refractivity contribution in [2.24, 2.45) is 0 Å². The molecule has 0 aliphatic carbocycles. The lowest BCUT2D eigenvalue weighted by Gasteiger charge is -2.09. The third-order valence-corrected chi connectivity index (χ3v) is 7.14. The Morgan fingerprint density at radius 2 is 1.89 bits per heavy atom. The lowest BCUT2D eigenvalue weighted by atomic mass is 10.1. The molecule has 2 N–H and O–H groups in total. The minimum absolute atomic E-state index is 0.159. The summed E-state index contributed by atoms with van der Waals surface area (Å²) in [4.78, 5) is 13.3. The molecule has 0 atom stereocenters. The van der Waals surface area contributed by atoms with Gasteiger partial charge in [0.15, 0.2) is 16.7 Å². The van der Waals surface area contributed by atoms with Crippen molar-refractivity contribution in [3.63, 3.8) is 0 Å². The van der Waals surface area contributed by atoms with Crippen LogP contribution in [0.4, 0.5) is 0 Å². The number of rotatable bonds is 6. The number of furan rings is 1. The topological polar surface area (TPSA) is 97.3 Å². The Morgan fingerprint density at radius 3 is 2.64 bits per heavy atom. The SMILES string of the molecule is CCc1nnc2sc(-c3ccc(CNC(=S)NC(=O)c4ccc(-c5ccc(C)c(Cl)c5)o4)cc3)nn12. The van der Waals surface area contributed by atoms with Crippen molar-refractivity contribution in [1.29, 1.82) is 0 Å². The van der Waals surface area contributed by atoms with E-state index in [9.17, 15) is 4.79 Å². The molecule has 3 aromatic heterocycles. The number of carbonyl (C=O) groups excluding carboxylic acids is 1. The van der Waals surface area contributed by atoms with Crippen LogP contribution in [0.1, 0.15) is 34.4 Å². The van der Waals surface area contributed by atoms with Crippen LogP contribution >= 0.6 is 35.2 Å². The maximum atomic E-state index is 12.6. The van der Waals surface area contributed by atoms with E-state index >= 15 is 0 Å². The third-order valence-electron chi connectivity index (χ3n) is 5.54. The number of hydrogen-bond donors (Lipinski definition) is 2. The zero-order chi connectivity index (χ0) is 25.2. The molecule has 0 bridgehead atoms. The average molecular weight is 537 g/mol. The minimum Gasteiger partial charge on any atom is -0.451 e. The van der Waals surface area contributed by atoms with Crippen molar-refractivity contribution in [3.05, 3.63) is 82.3 Å². The first-order chi connectivity index (χ1) is 17.4. The standard InChI is InChI=1S/C25H21ClN6O2S2/c1-3-21-29-30-25-32(21)31-23(36-25)16-8-5-15(6-9-16)13-27-24(35)28-22(33)20-11-10-19(34-20)17-7-4-14(2)18(26)12-17/h4-12H,3,13H2,1-2H3,(H2,27,28,33,35). The van der Waals surface area contributed by atoms with Crippen LogP contribution in [0.25, 0.3) is 26.9 Å². The zero-order valence-electron chi connectivity index (χ0n) is 19.4. The Bertz CT molecular complexity index is 1570. The van der Waals surface area contributed by atoms with Crippen LogP contribution in [0.3, 0.4) is 0 Å². The highest BCUT2D eigenvalue weighted by Gasteiger charge is 2.15. The molecule has 0 fully saturated rings. The van der Waals surface area contributed by atoms with Gasteiger partial charge in [-0.3, -0.25) is 10.1 Å². The summed E-state index contributed by atoms with van der Waals surface area (Å²) in [6.45, 7) is 4.40. The second-order valence-electron chi connectivity index (χ2n) is 8.03.